The van der Waals surface area contributed by atoms with Crippen LogP contribution in [0.4, 0.5) is 0 Å². The average molecular weight is 928 g/mol. The van der Waals surface area contributed by atoms with E-state index < -0.39 is 90.8 Å². The van der Waals surface area contributed by atoms with Crippen molar-refractivity contribution in [3.8, 4) is 0 Å². The number of aliphatic hydroxyl groups is 1. The zero-order chi connectivity index (χ0) is 49.3. The van der Waals surface area contributed by atoms with Gasteiger partial charge in [0.05, 0.1) is 26.2 Å². The van der Waals surface area contributed by atoms with E-state index in [0.29, 0.717) is 11.7 Å². The number of nitrogens with one attached hydrogen (secondary N) is 3. The number of carbonyl (C=O) groups excluding carboxylic acids is 7. The van der Waals surface area contributed by atoms with Crippen LogP contribution >= 0.6 is 0 Å². The normalized spacial score (nSPS) is 19.2. The number of amides is 4. The van der Waals surface area contributed by atoms with Crippen molar-refractivity contribution < 1.29 is 63.8 Å². The molecule has 0 saturated carbocycles. The Kier molecular flexibility index (Phi) is 32.0. The Labute approximate surface area is 390 Å². The molecule has 8 atom stereocenters. The minimum Gasteiger partial charge on any atom is -0.469 e. The summed E-state index contributed by atoms with van der Waals surface area (Å²) in [6.45, 7) is 7.60. The van der Waals surface area contributed by atoms with E-state index in [2.05, 4.69) is 29.2 Å². The summed E-state index contributed by atoms with van der Waals surface area (Å²) in [5, 5.41) is 16.7. The Balaban J connectivity index is 2.86. The van der Waals surface area contributed by atoms with Crippen molar-refractivity contribution in [3.63, 3.8) is 0 Å². The minimum atomic E-state index is -1.54. The number of ether oxygens (including phenoxy) is 5. The summed E-state index contributed by atoms with van der Waals surface area (Å²) in [5.41, 5.74) is 5.37. The first-order chi connectivity index (χ1) is 31.6. The van der Waals surface area contributed by atoms with Gasteiger partial charge in [-0.25, -0.2) is 0 Å². The number of nitrogens with two attached hydrogens (primary N) is 1. The molecule has 376 valence electrons. The van der Waals surface area contributed by atoms with Crippen LogP contribution in [0.1, 0.15) is 195 Å². The Morgan fingerprint density at radius 1 is 0.738 bits per heavy atom. The number of hydrogen-bond acceptors (Lipinski definition) is 13. The predicted molar refractivity (Wildman–Crippen MR) is 246 cm³/mol. The zero-order valence-corrected chi connectivity index (χ0v) is 40.6. The maximum Gasteiger partial charge on any atom is 0.309 e. The van der Waals surface area contributed by atoms with Gasteiger partial charge >= 0.3 is 17.9 Å². The number of carbonyl (C=O) groups is 7. The number of aliphatic hydroxyl groups excluding tert-OH is 1. The van der Waals surface area contributed by atoms with E-state index in [-0.39, 0.29) is 38.3 Å². The van der Waals surface area contributed by atoms with Gasteiger partial charge in [-0.15, -0.1) is 0 Å². The summed E-state index contributed by atoms with van der Waals surface area (Å²) in [7, 11) is 1.17. The SMILES string of the molecule is [2H]N(C(=O)[C@@H](C)O[C@H]1[C@H](O)[C@@H](COC(=O)C[C@@H](CCCCCCCCCCC)OC(=O)CCCCCCCCCCCCC)OC[C@@H]1NC(C)=O)[C@@H](C)C(=O)N[C@@H](CCC(=O)OC)C(N)=O. The van der Waals surface area contributed by atoms with Crippen LogP contribution in [0, 0.1) is 0 Å². The van der Waals surface area contributed by atoms with Crippen molar-refractivity contribution in [3.05, 3.63) is 0 Å². The first-order valence-electron chi connectivity index (χ1n) is 25.1. The Morgan fingerprint density at radius 3 is 1.80 bits per heavy atom. The number of methoxy groups -OCH3 is 1. The third-order valence-electron chi connectivity index (χ3n) is 11.6. The van der Waals surface area contributed by atoms with Gasteiger partial charge in [0, 0.05) is 19.8 Å². The summed E-state index contributed by atoms with van der Waals surface area (Å²) < 4.78 is 36.1. The van der Waals surface area contributed by atoms with E-state index in [1.165, 1.54) is 105 Å². The van der Waals surface area contributed by atoms with Crippen molar-refractivity contribution in [2.24, 2.45) is 5.73 Å². The monoisotopic (exact) mass is 928 g/mol. The third kappa shape index (κ3) is 28.1. The second-order valence-electron chi connectivity index (χ2n) is 17.5. The van der Waals surface area contributed by atoms with Crippen molar-refractivity contribution in [1.29, 1.82) is 0 Å². The van der Waals surface area contributed by atoms with Crippen LogP contribution in [0.25, 0.3) is 0 Å². The van der Waals surface area contributed by atoms with Gasteiger partial charge < -0.3 is 50.5 Å². The lowest BCUT2D eigenvalue weighted by Gasteiger charge is -2.41. The molecule has 0 aliphatic carbocycles. The van der Waals surface area contributed by atoms with Crippen molar-refractivity contribution in [1.82, 2.24) is 15.9 Å². The molecule has 17 heteroatoms. The van der Waals surface area contributed by atoms with Gasteiger partial charge in [0.1, 0.15) is 49.2 Å². The first-order valence-corrected chi connectivity index (χ1v) is 24.6. The van der Waals surface area contributed by atoms with E-state index in [1.54, 1.807) is 0 Å². The van der Waals surface area contributed by atoms with E-state index in [1.807, 2.05) is 0 Å². The molecule has 17 nitrogen and oxygen atoms in total. The minimum absolute atomic E-state index is 0.165. The lowest BCUT2D eigenvalue weighted by molar-refractivity contribution is -0.198. The largest absolute Gasteiger partial charge is 0.469 e. The van der Waals surface area contributed by atoms with Gasteiger partial charge in [-0.2, -0.15) is 0 Å². The second kappa shape index (κ2) is 36.3. The highest BCUT2D eigenvalue weighted by Gasteiger charge is 2.43. The molecule has 0 spiro atoms. The quantitative estimate of drug-likeness (QED) is 0.0275. The highest BCUT2D eigenvalue weighted by atomic mass is 16.6. The van der Waals surface area contributed by atoms with Crippen LogP contribution < -0.4 is 21.7 Å². The van der Waals surface area contributed by atoms with Gasteiger partial charge in [0.25, 0.3) is 0 Å². The summed E-state index contributed by atoms with van der Waals surface area (Å²) in [6.07, 6.45) is 17.0. The average Bonchev–Trinajstić information content (AvgIpc) is 3.28. The highest BCUT2D eigenvalue weighted by molar-refractivity contribution is 5.92. The molecule has 0 aromatic rings. The van der Waals surface area contributed by atoms with Crippen molar-refractivity contribution in [2.75, 3.05) is 20.3 Å². The number of unbranched alkanes of at least 4 members (excludes halogenated alkanes) is 18. The molecule has 0 unspecified atom stereocenters. The summed E-state index contributed by atoms with van der Waals surface area (Å²) in [4.78, 5) is 88.0. The molecule has 1 fully saturated rings. The van der Waals surface area contributed by atoms with Crippen LogP contribution in [0.15, 0.2) is 0 Å². The molecule has 1 rings (SSSR count). The van der Waals surface area contributed by atoms with Gasteiger partial charge in [-0.1, -0.05) is 129 Å². The molecule has 0 radical (unpaired) electrons. The Morgan fingerprint density at radius 2 is 1.28 bits per heavy atom. The Bertz CT molecular complexity index is 1420. The molecule has 1 aliphatic rings. The van der Waals surface area contributed by atoms with Crippen LogP contribution in [0.3, 0.4) is 0 Å². The van der Waals surface area contributed by atoms with Gasteiger partial charge in [0.15, 0.2) is 1.41 Å². The highest BCUT2D eigenvalue weighted by Crippen LogP contribution is 2.22. The number of rotatable bonds is 38. The van der Waals surface area contributed by atoms with Crippen LogP contribution in [-0.2, 0) is 57.2 Å². The fourth-order valence-electron chi connectivity index (χ4n) is 7.65. The maximum absolute atomic E-state index is 13.4. The topological polar surface area (TPSA) is 248 Å². The molecule has 0 aromatic heterocycles. The number of hydrogen-bond donors (Lipinski definition) is 5. The van der Waals surface area contributed by atoms with Crippen LogP contribution in [0.2, 0.25) is 1.41 Å². The summed E-state index contributed by atoms with van der Waals surface area (Å²) in [5.74, 6) is -4.94. The van der Waals surface area contributed by atoms with E-state index in [9.17, 15) is 38.7 Å². The molecule has 1 aliphatic heterocycles. The van der Waals surface area contributed by atoms with Crippen LogP contribution in [0.5, 0.6) is 0 Å². The summed E-state index contributed by atoms with van der Waals surface area (Å²) in [6, 6.07) is -3.68. The van der Waals surface area contributed by atoms with Gasteiger partial charge in [-0.05, 0) is 39.5 Å². The molecular formula is C48H86N4O13. The molecule has 0 bridgehead atoms. The van der Waals surface area contributed by atoms with Crippen LogP contribution in [-0.4, -0.2) is 116 Å². The van der Waals surface area contributed by atoms with Gasteiger partial charge in [-0.3, -0.25) is 33.6 Å². The standard InChI is InChI=1S/C48H86N4O13/c1-7-9-11-13-15-17-18-20-22-24-26-28-42(55)65-37(27-25-23-21-19-16-14-12-10-8-2)31-43(56)63-33-40-44(57)45(39(32-62-40)51-36(5)53)64-35(4)48(60)50-34(3)47(59)52-38(46(49)58)29-30-41(54)61-6/h34-35,37-40,44-45,57H,7-33H2,1-6H3,(H2,49,58)(H,50,60)(H,51,53)(H,52,59)/t34-,35+,37+,38-,39-,40+,44+,45+/m0/s1/i/hD. The molecule has 0 aromatic carbocycles. The Hall–Kier alpha value is -3.83. The molecular weight excluding hydrogens is 841 g/mol. The first kappa shape index (κ1) is 57.3. The van der Waals surface area contributed by atoms with Gasteiger partial charge in [0.2, 0.25) is 23.6 Å². The third-order valence-corrected chi connectivity index (χ3v) is 11.6. The fraction of sp³-hybridized carbons (Fsp3) is 0.854. The second-order valence-corrected chi connectivity index (χ2v) is 17.5. The fourth-order valence-corrected chi connectivity index (χ4v) is 7.65. The molecule has 1 saturated heterocycles. The zero-order valence-electron chi connectivity index (χ0n) is 41.6. The number of esters is 3. The maximum atomic E-state index is 13.4. The smallest absolute Gasteiger partial charge is 0.309 e. The lowest BCUT2D eigenvalue weighted by atomic mass is 9.97. The van der Waals surface area contributed by atoms with Crippen molar-refractivity contribution in [2.45, 2.75) is 244 Å². The predicted octanol–water partition coefficient (Wildman–Crippen LogP) is 5.92. The summed E-state index contributed by atoms with van der Waals surface area (Å²) >= 11 is 0. The molecule has 65 heavy (non-hydrogen) atoms. The molecule has 1 heterocycles. The lowest BCUT2D eigenvalue weighted by Crippen LogP contribution is -2.62. The number of primary amides is 1. The van der Waals surface area contributed by atoms with E-state index in [0.717, 1.165) is 51.4 Å². The molecule has 4 amide bonds. The molecule has 6 N–H and O–H groups in total. The van der Waals surface area contributed by atoms with E-state index >= 15 is 0 Å². The van der Waals surface area contributed by atoms with Crippen molar-refractivity contribution >= 4 is 41.5 Å². The van der Waals surface area contributed by atoms with E-state index in [4.69, 9.17) is 26.1 Å².